The summed E-state index contributed by atoms with van der Waals surface area (Å²) in [6, 6.07) is 32.7. The van der Waals surface area contributed by atoms with Crippen LogP contribution in [0, 0.1) is 5.82 Å². The average Bonchev–Trinajstić information content (AvgIpc) is 3.29. The van der Waals surface area contributed by atoms with Gasteiger partial charge in [0.25, 0.3) is 0 Å². The zero-order chi connectivity index (χ0) is 28.5. The third-order valence-corrected chi connectivity index (χ3v) is 9.39. The van der Waals surface area contributed by atoms with Gasteiger partial charge in [0, 0.05) is 46.3 Å². The fourth-order valence-electron chi connectivity index (χ4n) is 7.32. The number of benzene rings is 5. The van der Waals surface area contributed by atoms with Crippen LogP contribution in [-0.4, -0.2) is 26.3 Å². The van der Waals surface area contributed by atoms with Crippen LogP contribution < -0.4 is 9.64 Å². The van der Waals surface area contributed by atoms with E-state index in [-0.39, 0.29) is 11.2 Å². The first-order valence-corrected chi connectivity index (χ1v) is 14.7. The molecule has 4 heteroatoms. The predicted octanol–water partition coefficient (Wildman–Crippen LogP) is 8.47. The van der Waals surface area contributed by atoms with Crippen molar-refractivity contribution in [3.05, 3.63) is 137 Å². The number of ether oxygens (including phenoxy) is 2. The number of hydrogen-bond donors (Lipinski definition) is 0. The number of rotatable bonds is 3. The van der Waals surface area contributed by atoms with Gasteiger partial charge < -0.3 is 14.4 Å². The molecule has 1 unspecified atom stereocenters. The molecule has 3 aliphatic rings. The first kappa shape index (κ1) is 25.3. The van der Waals surface area contributed by atoms with Gasteiger partial charge in [0.2, 0.25) is 0 Å². The Hall–Kier alpha value is -4.41. The fraction of sp³-hybridized carbons (Fsp3) is 0.211. The van der Waals surface area contributed by atoms with Gasteiger partial charge in [-0.05, 0) is 58.0 Å². The van der Waals surface area contributed by atoms with Crippen LogP contribution in [0.15, 0.2) is 103 Å². The molecule has 1 saturated heterocycles. The lowest BCUT2D eigenvalue weighted by molar-refractivity contribution is 0.122. The number of halogens is 1. The van der Waals surface area contributed by atoms with E-state index in [4.69, 9.17) is 9.47 Å². The molecule has 0 amide bonds. The van der Waals surface area contributed by atoms with Crippen LogP contribution in [-0.2, 0) is 15.8 Å². The molecule has 1 aliphatic carbocycles. The normalized spacial score (nSPS) is 20.1. The van der Waals surface area contributed by atoms with Gasteiger partial charge in [-0.15, -0.1) is 0 Å². The molecule has 5 aromatic carbocycles. The van der Waals surface area contributed by atoms with Crippen molar-refractivity contribution in [1.29, 1.82) is 0 Å². The third kappa shape index (κ3) is 3.61. The van der Waals surface area contributed by atoms with Crippen LogP contribution in [0.25, 0.3) is 28.0 Å². The minimum Gasteiger partial charge on any atom is -0.472 e. The lowest BCUT2D eigenvalue weighted by Gasteiger charge is -2.38. The Labute approximate surface area is 245 Å². The summed E-state index contributed by atoms with van der Waals surface area (Å²) in [5, 5.41) is 2.27. The van der Waals surface area contributed by atoms with Crippen molar-refractivity contribution in [3.63, 3.8) is 0 Å². The Morgan fingerprint density at radius 3 is 2.12 bits per heavy atom. The summed E-state index contributed by atoms with van der Waals surface area (Å²) in [5.74, 6) is 0.605. The van der Waals surface area contributed by atoms with E-state index in [0.717, 1.165) is 54.1 Å². The van der Waals surface area contributed by atoms with Crippen molar-refractivity contribution in [3.8, 4) is 16.9 Å². The first-order valence-electron chi connectivity index (χ1n) is 14.7. The van der Waals surface area contributed by atoms with E-state index in [2.05, 4.69) is 104 Å². The minimum absolute atomic E-state index is 0.191. The molecule has 8 rings (SSSR count). The first-order chi connectivity index (χ1) is 20.5. The van der Waals surface area contributed by atoms with Crippen molar-refractivity contribution in [2.24, 2.45) is 0 Å². The molecule has 3 nitrogen and oxygen atoms in total. The number of morpholine rings is 1. The van der Waals surface area contributed by atoms with E-state index in [1.54, 1.807) is 0 Å². The average molecular weight is 554 g/mol. The Balaban J connectivity index is 1.35. The molecule has 0 bridgehead atoms. The molecule has 1 fully saturated rings. The summed E-state index contributed by atoms with van der Waals surface area (Å²) < 4.78 is 27.0. The number of nitrogens with zero attached hydrogens (tertiary/aromatic N) is 1. The number of hydrogen-bond acceptors (Lipinski definition) is 3. The van der Waals surface area contributed by atoms with Gasteiger partial charge in [-0.3, -0.25) is 0 Å². The van der Waals surface area contributed by atoms with E-state index in [1.165, 1.54) is 45.5 Å². The molecule has 0 spiro atoms. The lowest BCUT2D eigenvalue weighted by atomic mass is 9.77. The van der Waals surface area contributed by atoms with Crippen molar-refractivity contribution >= 4 is 22.5 Å². The molecule has 1 atom stereocenters. The van der Waals surface area contributed by atoms with E-state index < -0.39 is 5.60 Å². The second kappa shape index (κ2) is 9.30. The van der Waals surface area contributed by atoms with Crippen LogP contribution in [0.4, 0.5) is 10.1 Å². The Kier molecular flexibility index (Phi) is 5.61. The maximum absolute atomic E-state index is 14.2. The number of fused-ring (bicyclic) bond motifs is 8. The van der Waals surface area contributed by atoms with E-state index in [0.29, 0.717) is 0 Å². The van der Waals surface area contributed by atoms with Gasteiger partial charge in [0.1, 0.15) is 11.6 Å². The topological polar surface area (TPSA) is 21.7 Å². The molecule has 42 heavy (non-hydrogen) atoms. The van der Waals surface area contributed by atoms with E-state index >= 15 is 0 Å². The molecule has 0 radical (unpaired) electrons. The summed E-state index contributed by atoms with van der Waals surface area (Å²) >= 11 is 0. The molecule has 0 saturated carbocycles. The Bertz CT molecular complexity index is 1870. The zero-order valence-corrected chi connectivity index (χ0v) is 23.9. The monoisotopic (exact) mass is 553 g/mol. The van der Waals surface area contributed by atoms with Gasteiger partial charge >= 0.3 is 0 Å². The Morgan fingerprint density at radius 1 is 0.738 bits per heavy atom. The molecule has 0 N–H and O–H groups in total. The maximum atomic E-state index is 14.2. The largest absolute Gasteiger partial charge is 0.472 e. The van der Waals surface area contributed by atoms with Crippen LogP contribution in [0.1, 0.15) is 41.7 Å². The van der Waals surface area contributed by atoms with Crippen molar-refractivity contribution in [2.75, 3.05) is 31.2 Å². The summed E-state index contributed by atoms with van der Waals surface area (Å²) in [6.45, 7) is 7.85. The molecule has 208 valence electrons. The van der Waals surface area contributed by atoms with Crippen molar-refractivity contribution in [1.82, 2.24) is 0 Å². The smallest absolute Gasteiger partial charge is 0.178 e. The fourth-order valence-corrected chi connectivity index (χ4v) is 7.32. The molecule has 2 heterocycles. The summed E-state index contributed by atoms with van der Waals surface area (Å²) in [7, 11) is 0. The van der Waals surface area contributed by atoms with Crippen LogP contribution in [0.3, 0.4) is 0 Å². The number of anilines is 1. The van der Waals surface area contributed by atoms with E-state index in [1.807, 2.05) is 12.1 Å². The highest BCUT2D eigenvalue weighted by Gasteiger charge is 2.44. The zero-order valence-electron chi connectivity index (χ0n) is 23.9. The standard InChI is InChI=1S/C38H32FNO2/c1-37(2)33-10-6-5-9-31(33)34-29-7-3-4-8-30(29)36-32(35(34)37)19-20-38(42-36,25-11-15-27(39)16-12-25)26-13-17-28(18-14-26)40-21-23-41-24-22-40/h3-20H,21-24H2,1-2H3. The van der Waals surface area contributed by atoms with Crippen LogP contribution in [0.5, 0.6) is 5.75 Å². The molecule has 5 aromatic rings. The highest BCUT2D eigenvalue weighted by molar-refractivity contribution is 6.08. The van der Waals surface area contributed by atoms with E-state index in [9.17, 15) is 4.39 Å². The third-order valence-electron chi connectivity index (χ3n) is 9.39. The highest BCUT2D eigenvalue weighted by atomic mass is 19.1. The predicted molar refractivity (Wildman–Crippen MR) is 168 cm³/mol. The van der Waals surface area contributed by atoms with Crippen molar-refractivity contribution in [2.45, 2.75) is 24.9 Å². The SMILES string of the molecule is CC1(C)c2ccccc2-c2c1c1c(c3ccccc23)OC(c2ccc(F)cc2)(c2ccc(N3CCOCC3)cc2)C=C1. The maximum Gasteiger partial charge on any atom is 0.178 e. The quantitative estimate of drug-likeness (QED) is 0.224. The van der Waals surface area contributed by atoms with Gasteiger partial charge in [-0.1, -0.05) is 92.7 Å². The highest BCUT2D eigenvalue weighted by Crippen LogP contribution is 2.58. The van der Waals surface area contributed by atoms with Crippen LogP contribution in [0.2, 0.25) is 0 Å². The van der Waals surface area contributed by atoms with Gasteiger partial charge in [0.05, 0.1) is 13.2 Å². The molecular weight excluding hydrogens is 521 g/mol. The second-order valence-electron chi connectivity index (χ2n) is 12.0. The molecule has 2 aliphatic heterocycles. The van der Waals surface area contributed by atoms with Crippen LogP contribution >= 0.6 is 0 Å². The Morgan fingerprint density at radius 2 is 1.38 bits per heavy atom. The second-order valence-corrected chi connectivity index (χ2v) is 12.0. The summed E-state index contributed by atoms with van der Waals surface area (Å²) in [5.41, 5.74) is 8.27. The van der Waals surface area contributed by atoms with Gasteiger partial charge in [-0.25, -0.2) is 4.39 Å². The minimum atomic E-state index is -0.920. The van der Waals surface area contributed by atoms with Crippen molar-refractivity contribution < 1.29 is 13.9 Å². The summed E-state index contributed by atoms with van der Waals surface area (Å²) in [6.07, 6.45) is 4.41. The molecule has 0 aromatic heterocycles. The summed E-state index contributed by atoms with van der Waals surface area (Å²) in [4.78, 5) is 2.35. The van der Waals surface area contributed by atoms with Gasteiger partial charge in [-0.2, -0.15) is 0 Å². The lowest BCUT2D eigenvalue weighted by Crippen LogP contribution is -2.37. The van der Waals surface area contributed by atoms with Gasteiger partial charge in [0.15, 0.2) is 5.60 Å². The molecular formula is C38H32FNO2.